The third-order valence-electron chi connectivity index (χ3n) is 13.5. The number of esters is 2. The first-order chi connectivity index (χ1) is 39.4. The number of rotatable bonds is 14. The Morgan fingerprint density at radius 1 is 0.345 bits per heavy atom. The van der Waals surface area contributed by atoms with E-state index >= 15 is 0 Å². The van der Waals surface area contributed by atoms with E-state index < -0.39 is 46.8 Å². The molecule has 22 nitrogen and oxygen atoms in total. The molecule has 84 heavy (non-hydrogen) atoms. The first-order valence-corrected chi connectivity index (χ1v) is 30.7. The predicted molar refractivity (Wildman–Crippen MR) is 322 cm³/mol. The summed E-state index contributed by atoms with van der Waals surface area (Å²) in [5.41, 5.74) is -2.28. The van der Waals surface area contributed by atoms with Gasteiger partial charge in [-0.2, -0.15) is 0 Å². The molecule has 1 aromatic rings. The molecule has 3 rings (SSSR count). The molecule has 0 unspecified atom stereocenters. The van der Waals surface area contributed by atoms with E-state index in [1.807, 2.05) is 41.5 Å². The van der Waals surface area contributed by atoms with Crippen molar-refractivity contribution < 1.29 is 66.8 Å². The molecular formula is C62H106N8O14. The minimum atomic E-state index is -0.784. The van der Waals surface area contributed by atoms with Gasteiger partial charge in [-0.3, -0.25) is 19.2 Å². The van der Waals surface area contributed by atoms with E-state index in [1.54, 1.807) is 109 Å². The highest BCUT2D eigenvalue weighted by Crippen LogP contribution is 2.19. The normalized spacial score (nSPS) is 17.1. The predicted octanol–water partition coefficient (Wildman–Crippen LogP) is 9.18. The molecule has 0 aliphatic carbocycles. The second-order valence-corrected chi connectivity index (χ2v) is 25.7. The summed E-state index contributed by atoms with van der Waals surface area (Å²) in [7, 11) is 0. The number of carbonyl (C=O) groups is 8. The van der Waals surface area contributed by atoms with Crippen molar-refractivity contribution in [2.45, 2.75) is 184 Å². The maximum atomic E-state index is 14.7. The average Bonchev–Trinajstić information content (AvgIpc) is 3.45. The smallest absolute Gasteiger partial charge is 0.410 e. The topological polar surface area (TPSA) is 218 Å². The van der Waals surface area contributed by atoms with Crippen LogP contribution in [0.2, 0.25) is 0 Å². The summed E-state index contributed by atoms with van der Waals surface area (Å²) in [5, 5.41) is 0. The Hall–Kier alpha value is -5.90. The van der Waals surface area contributed by atoms with Gasteiger partial charge in [-0.15, -0.1) is 0 Å². The standard InChI is InChI=1S/C62H106N8O14/c1-15-79-51(71)25-17-19-31-63-33-21-35-65(45-47-69(57(77)83-61(9,10)11)39-23-37-67(43-41-63)55(75)81-59(3,4)5)53(73)49-27-29-50(30-28-49)54(74)66-36-22-34-64(32-20-18-26-52(72)80-16-2)42-44-68(56(76)82-60(6,7)8)38-24-40-70(48-46-66)58(78)84-62(12,13)14/h27-30H,15-26,31-48H2,1-14H3. The molecule has 0 bridgehead atoms. The highest BCUT2D eigenvalue weighted by Gasteiger charge is 2.30. The molecule has 0 N–H and O–H groups in total. The number of carbonyl (C=O) groups excluding carboxylic acids is 8. The van der Waals surface area contributed by atoms with Gasteiger partial charge in [0.05, 0.1) is 13.2 Å². The largest absolute Gasteiger partial charge is 0.466 e. The Labute approximate surface area is 502 Å². The third-order valence-corrected chi connectivity index (χ3v) is 13.5. The maximum absolute atomic E-state index is 14.7. The summed E-state index contributed by atoms with van der Waals surface area (Å²) in [4.78, 5) is 123. The molecule has 6 amide bonds. The van der Waals surface area contributed by atoms with Crippen LogP contribution < -0.4 is 0 Å². The molecule has 0 aromatic heterocycles. The molecule has 2 fully saturated rings. The molecule has 2 aliphatic heterocycles. The molecular weight excluding hydrogens is 1080 g/mol. The van der Waals surface area contributed by atoms with Gasteiger partial charge < -0.3 is 67.6 Å². The van der Waals surface area contributed by atoms with Crippen LogP contribution in [-0.4, -0.2) is 241 Å². The van der Waals surface area contributed by atoms with Crippen molar-refractivity contribution in [3.63, 3.8) is 0 Å². The summed E-state index contributed by atoms with van der Waals surface area (Å²) in [6.07, 6.45) is 3.30. The average molecular weight is 1190 g/mol. The van der Waals surface area contributed by atoms with Gasteiger partial charge in [-0.1, -0.05) is 0 Å². The van der Waals surface area contributed by atoms with Crippen LogP contribution in [0.25, 0.3) is 0 Å². The van der Waals surface area contributed by atoms with Crippen molar-refractivity contribution >= 4 is 48.1 Å². The highest BCUT2D eigenvalue weighted by molar-refractivity contribution is 5.98. The van der Waals surface area contributed by atoms with Crippen LogP contribution >= 0.6 is 0 Å². The molecule has 1 aromatic carbocycles. The van der Waals surface area contributed by atoms with Crippen LogP contribution in [0, 0.1) is 0 Å². The molecule has 2 saturated heterocycles. The molecule has 22 heteroatoms. The van der Waals surface area contributed by atoms with E-state index in [0.29, 0.717) is 154 Å². The summed E-state index contributed by atoms with van der Waals surface area (Å²) in [5.74, 6) is -1.04. The number of hydrogen-bond donors (Lipinski definition) is 0. The van der Waals surface area contributed by atoms with Crippen molar-refractivity contribution in [3.8, 4) is 0 Å². The summed E-state index contributed by atoms with van der Waals surface area (Å²) < 4.78 is 33.6. The molecule has 2 aliphatic rings. The molecule has 0 spiro atoms. The zero-order valence-corrected chi connectivity index (χ0v) is 53.8. The van der Waals surface area contributed by atoms with Crippen molar-refractivity contribution in [1.82, 2.24) is 39.2 Å². The fraction of sp³-hybridized carbons (Fsp3) is 0.774. The van der Waals surface area contributed by atoms with Gasteiger partial charge in [0.15, 0.2) is 0 Å². The van der Waals surface area contributed by atoms with E-state index in [0.717, 1.165) is 12.8 Å². The Kier molecular flexibility index (Phi) is 30.6. The van der Waals surface area contributed by atoms with Gasteiger partial charge >= 0.3 is 36.3 Å². The lowest BCUT2D eigenvalue weighted by atomic mass is 10.1. The second-order valence-electron chi connectivity index (χ2n) is 25.7. The number of nitrogens with zero attached hydrogens (tertiary/aromatic N) is 8. The molecule has 0 atom stereocenters. The Morgan fingerprint density at radius 3 is 0.869 bits per heavy atom. The number of ether oxygens (including phenoxy) is 6. The first kappa shape index (κ1) is 72.4. The van der Waals surface area contributed by atoms with Crippen LogP contribution in [-0.2, 0) is 38.0 Å². The fourth-order valence-electron chi connectivity index (χ4n) is 9.46. The zero-order chi connectivity index (χ0) is 62.7. The molecule has 0 radical (unpaired) electrons. The van der Waals surface area contributed by atoms with Gasteiger partial charge in [-0.25, -0.2) is 19.2 Å². The minimum Gasteiger partial charge on any atom is -0.466 e. The van der Waals surface area contributed by atoms with Gasteiger partial charge in [0.1, 0.15) is 22.4 Å². The quantitative estimate of drug-likeness (QED) is 0.0963. The van der Waals surface area contributed by atoms with Gasteiger partial charge in [0, 0.05) is 116 Å². The van der Waals surface area contributed by atoms with Crippen LogP contribution in [0.3, 0.4) is 0 Å². The van der Waals surface area contributed by atoms with E-state index in [4.69, 9.17) is 28.4 Å². The summed E-state index contributed by atoms with van der Waals surface area (Å²) >= 11 is 0. The molecule has 0 saturated carbocycles. The number of amides is 6. The lowest BCUT2D eigenvalue weighted by Gasteiger charge is -2.33. The first-order valence-electron chi connectivity index (χ1n) is 30.7. The minimum absolute atomic E-state index is 0.156. The Balaban J connectivity index is 1.96. The Bertz CT molecular complexity index is 2070. The molecule has 2 heterocycles. The molecule has 478 valence electrons. The van der Waals surface area contributed by atoms with E-state index in [-0.39, 0.29) is 63.0 Å². The highest BCUT2D eigenvalue weighted by atomic mass is 16.6. The Morgan fingerprint density at radius 2 is 0.595 bits per heavy atom. The van der Waals surface area contributed by atoms with Gasteiger partial charge in [-0.05, 0) is 199 Å². The van der Waals surface area contributed by atoms with E-state index in [9.17, 15) is 38.4 Å². The van der Waals surface area contributed by atoms with Gasteiger partial charge in [0.2, 0.25) is 0 Å². The lowest BCUT2D eigenvalue weighted by molar-refractivity contribution is -0.144. The maximum Gasteiger partial charge on any atom is 0.410 e. The van der Waals surface area contributed by atoms with E-state index in [2.05, 4.69) is 9.80 Å². The fourth-order valence-corrected chi connectivity index (χ4v) is 9.46. The van der Waals surface area contributed by atoms with Gasteiger partial charge in [0.25, 0.3) is 11.8 Å². The number of hydrogen-bond acceptors (Lipinski definition) is 16. The second kappa shape index (κ2) is 35.5. The van der Waals surface area contributed by atoms with Crippen LogP contribution in [0.1, 0.15) is 182 Å². The van der Waals surface area contributed by atoms with Crippen molar-refractivity contribution in [3.05, 3.63) is 35.4 Å². The number of benzene rings is 1. The van der Waals surface area contributed by atoms with Crippen molar-refractivity contribution in [2.24, 2.45) is 0 Å². The summed E-state index contributed by atoms with van der Waals surface area (Å²) in [6, 6.07) is 6.61. The lowest BCUT2D eigenvalue weighted by Crippen LogP contribution is -2.47. The summed E-state index contributed by atoms with van der Waals surface area (Å²) in [6.45, 7) is 32.6. The number of unbranched alkanes of at least 4 members (excludes halogenated alkanes) is 2. The van der Waals surface area contributed by atoms with E-state index in [1.165, 1.54) is 0 Å². The van der Waals surface area contributed by atoms with Crippen LogP contribution in [0.4, 0.5) is 19.2 Å². The van der Waals surface area contributed by atoms with Crippen molar-refractivity contribution in [2.75, 3.05) is 131 Å². The zero-order valence-electron chi connectivity index (χ0n) is 53.8. The van der Waals surface area contributed by atoms with Crippen molar-refractivity contribution in [1.29, 1.82) is 0 Å². The van der Waals surface area contributed by atoms with Crippen LogP contribution in [0.15, 0.2) is 24.3 Å². The third kappa shape index (κ3) is 29.8. The SMILES string of the molecule is CCOC(=O)CCCCN1CCCN(C(=O)c2ccc(C(=O)N3CCCN(CCCCC(=O)OCC)CCN(C(=O)OC(C)(C)C)CCCN(C(=O)OC(C)(C)C)CC3)cc2)CCN(C(=O)OC(C)(C)C)CCCN(C(=O)OC(C)(C)C)CC1. The van der Waals surface area contributed by atoms with Crippen LogP contribution in [0.5, 0.6) is 0 Å². The monoisotopic (exact) mass is 1190 g/mol.